The summed E-state index contributed by atoms with van der Waals surface area (Å²) in [5.74, 6) is 0.136. The lowest BCUT2D eigenvalue weighted by atomic mass is 10.4. The molecule has 96 valence electrons. The standard InChI is InChI=1S/C11H24N2O2S/c1-6-8-13(11(4)5)16(14,15)9-7-12-10(2)3/h6,10-12H,1,7-9H2,2-5H3. The molecular formula is C11H24N2O2S. The van der Waals surface area contributed by atoms with Crippen LogP contribution in [0.15, 0.2) is 12.7 Å². The fourth-order valence-electron chi connectivity index (χ4n) is 1.37. The van der Waals surface area contributed by atoms with Crippen LogP contribution in [0, 0.1) is 0 Å². The van der Waals surface area contributed by atoms with Crippen molar-refractivity contribution in [2.24, 2.45) is 0 Å². The molecule has 4 nitrogen and oxygen atoms in total. The maximum Gasteiger partial charge on any atom is 0.215 e. The van der Waals surface area contributed by atoms with Crippen molar-refractivity contribution in [1.82, 2.24) is 9.62 Å². The second kappa shape index (κ2) is 7.04. The van der Waals surface area contributed by atoms with Crippen LogP contribution in [0.4, 0.5) is 0 Å². The molecule has 0 aromatic rings. The number of sulfonamides is 1. The van der Waals surface area contributed by atoms with Crippen LogP contribution in [0.1, 0.15) is 27.7 Å². The Bertz CT molecular complexity index is 297. The van der Waals surface area contributed by atoms with E-state index >= 15 is 0 Å². The van der Waals surface area contributed by atoms with Crippen LogP contribution in [-0.2, 0) is 10.0 Å². The number of nitrogens with zero attached hydrogens (tertiary/aromatic N) is 1. The third kappa shape index (κ3) is 5.63. The van der Waals surface area contributed by atoms with E-state index in [0.29, 0.717) is 19.1 Å². The summed E-state index contributed by atoms with van der Waals surface area (Å²) in [7, 11) is -3.18. The van der Waals surface area contributed by atoms with Gasteiger partial charge in [-0.1, -0.05) is 19.9 Å². The Kier molecular flexibility index (Phi) is 6.87. The first-order chi connectivity index (χ1) is 7.31. The molecule has 0 aromatic carbocycles. The minimum atomic E-state index is -3.18. The minimum absolute atomic E-state index is 0.0259. The molecule has 0 radical (unpaired) electrons. The molecule has 0 aliphatic rings. The van der Waals surface area contributed by atoms with Gasteiger partial charge in [0.25, 0.3) is 0 Å². The molecule has 0 saturated heterocycles. The van der Waals surface area contributed by atoms with E-state index in [9.17, 15) is 8.42 Å². The van der Waals surface area contributed by atoms with Crippen LogP contribution in [-0.4, -0.2) is 43.6 Å². The molecule has 16 heavy (non-hydrogen) atoms. The van der Waals surface area contributed by atoms with Crippen molar-refractivity contribution in [3.63, 3.8) is 0 Å². The summed E-state index contributed by atoms with van der Waals surface area (Å²) in [4.78, 5) is 0. The van der Waals surface area contributed by atoms with Crippen molar-refractivity contribution < 1.29 is 8.42 Å². The molecule has 0 spiro atoms. The zero-order valence-electron chi connectivity index (χ0n) is 10.7. The number of nitrogens with one attached hydrogen (secondary N) is 1. The second-order valence-electron chi connectivity index (χ2n) is 4.38. The van der Waals surface area contributed by atoms with E-state index in [0.717, 1.165) is 0 Å². The summed E-state index contributed by atoms with van der Waals surface area (Å²) < 4.78 is 25.4. The molecule has 0 aliphatic carbocycles. The van der Waals surface area contributed by atoms with Gasteiger partial charge in [0.05, 0.1) is 5.75 Å². The Labute approximate surface area is 99.8 Å². The summed E-state index contributed by atoms with van der Waals surface area (Å²) >= 11 is 0. The fourth-order valence-corrected chi connectivity index (χ4v) is 2.95. The van der Waals surface area contributed by atoms with Gasteiger partial charge in [-0.25, -0.2) is 8.42 Å². The summed E-state index contributed by atoms with van der Waals surface area (Å²) in [6, 6.07) is 0.282. The Morgan fingerprint density at radius 2 is 1.88 bits per heavy atom. The van der Waals surface area contributed by atoms with Crippen molar-refractivity contribution in [2.75, 3.05) is 18.8 Å². The Morgan fingerprint density at radius 1 is 1.31 bits per heavy atom. The van der Waals surface area contributed by atoms with E-state index in [1.165, 1.54) is 4.31 Å². The Hall–Kier alpha value is -0.390. The summed E-state index contributed by atoms with van der Waals surface area (Å²) in [5.41, 5.74) is 0. The van der Waals surface area contributed by atoms with Crippen LogP contribution in [0.5, 0.6) is 0 Å². The summed E-state index contributed by atoms with van der Waals surface area (Å²) in [6.45, 7) is 12.2. The molecule has 0 bridgehead atoms. The van der Waals surface area contributed by atoms with Crippen LogP contribution >= 0.6 is 0 Å². The molecule has 0 amide bonds. The van der Waals surface area contributed by atoms with Gasteiger partial charge in [-0.2, -0.15) is 4.31 Å². The van der Waals surface area contributed by atoms with Gasteiger partial charge < -0.3 is 5.32 Å². The van der Waals surface area contributed by atoms with Crippen molar-refractivity contribution in [2.45, 2.75) is 39.8 Å². The molecular weight excluding hydrogens is 224 g/mol. The quantitative estimate of drug-likeness (QED) is 0.657. The number of hydrogen-bond donors (Lipinski definition) is 1. The van der Waals surface area contributed by atoms with E-state index in [-0.39, 0.29) is 11.8 Å². The summed E-state index contributed by atoms with van der Waals surface area (Å²) in [6.07, 6.45) is 1.62. The Balaban J connectivity index is 4.42. The first-order valence-corrected chi connectivity index (χ1v) is 7.26. The van der Waals surface area contributed by atoms with Gasteiger partial charge in [-0.05, 0) is 13.8 Å². The first kappa shape index (κ1) is 15.6. The normalized spacial score (nSPS) is 12.7. The van der Waals surface area contributed by atoms with Crippen molar-refractivity contribution in [3.8, 4) is 0 Å². The highest BCUT2D eigenvalue weighted by molar-refractivity contribution is 7.89. The van der Waals surface area contributed by atoms with Gasteiger partial charge in [-0.3, -0.25) is 0 Å². The number of hydrogen-bond acceptors (Lipinski definition) is 3. The predicted octanol–water partition coefficient (Wildman–Crippen LogP) is 1.21. The van der Waals surface area contributed by atoms with Crippen LogP contribution in [0.2, 0.25) is 0 Å². The first-order valence-electron chi connectivity index (χ1n) is 5.65. The van der Waals surface area contributed by atoms with Gasteiger partial charge in [0.15, 0.2) is 0 Å². The molecule has 0 atom stereocenters. The van der Waals surface area contributed by atoms with E-state index in [1.807, 2.05) is 27.7 Å². The highest BCUT2D eigenvalue weighted by Gasteiger charge is 2.22. The maximum absolute atomic E-state index is 12.0. The maximum atomic E-state index is 12.0. The van der Waals surface area contributed by atoms with Crippen LogP contribution < -0.4 is 5.32 Å². The Morgan fingerprint density at radius 3 is 2.25 bits per heavy atom. The molecule has 1 N–H and O–H groups in total. The monoisotopic (exact) mass is 248 g/mol. The molecule has 0 heterocycles. The fraction of sp³-hybridized carbons (Fsp3) is 0.818. The molecule has 0 aliphatic heterocycles. The zero-order chi connectivity index (χ0) is 12.8. The average Bonchev–Trinajstić information content (AvgIpc) is 2.12. The third-order valence-corrected chi connectivity index (χ3v) is 4.16. The SMILES string of the molecule is C=CCN(C(C)C)S(=O)(=O)CCNC(C)C. The summed E-state index contributed by atoms with van der Waals surface area (Å²) in [5, 5.41) is 3.11. The van der Waals surface area contributed by atoms with Gasteiger partial charge in [0, 0.05) is 25.2 Å². The third-order valence-electron chi connectivity index (χ3n) is 2.15. The topological polar surface area (TPSA) is 49.4 Å². The zero-order valence-corrected chi connectivity index (χ0v) is 11.5. The van der Waals surface area contributed by atoms with Crippen LogP contribution in [0.3, 0.4) is 0 Å². The lowest BCUT2D eigenvalue weighted by Gasteiger charge is -2.24. The van der Waals surface area contributed by atoms with E-state index < -0.39 is 10.0 Å². The minimum Gasteiger partial charge on any atom is -0.313 e. The molecule has 5 heteroatoms. The molecule has 0 saturated carbocycles. The molecule has 0 aromatic heterocycles. The predicted molar refractivity (Wildman–Crippen MR) is 69.0 cm³/mol. The van der Waals surface area contributed by atoms with Crippen LogP contribution in [0.25, 0.3) is 0 Å². The van der Waals surface area contributed by atoms with E-state index in [4.69, 9.17) is 0 Å². The average molecular weight is 248 g/mol. The van der Waals surface area contributed by atoms with Crippen molar-refractivity contribution in [3.05, 3.63) is 12.7 Å². The highest BCUT2D eigenvalue weighted by Crippen LogP contribution is 2.07. The van der Waals surface area contributed by atoms with Gasteiger partial charge in [-0.15, -0.1) is 6.58 Å². The van der Waals surface area contributed by atoms with Gasteiger partial charge >= 0.3 is 0 Å². The number of rotatable bonds is 8. The molecule has 0 rings (SSSR count). The van der Waals surface area contributed by atoms with Gasteiger partial charge in [0.2, 0.25) is 10.0 Å². The van der Waals surface area contributed by atoms with Crippen molar-refractivity contribution in [1.29, 1.82) is 0 Å². The van der Waals surface area contributed by atoms with E-state index in [1.54, 1.807) is 6.08 Å². The van der Waals surface area contributed by atoms with E-state index in [2.05, 4.69) is 11.9 Å². The second-order valence-corrected chi connectivity index (χ2v) is 6.42. The smallest absolute Gasteiger partial charge is 0.215 e. The molecule has 0 fully saturated rings. The highest BCUT2D eigenvalue weighted by atomic mass is 32.2. The lowest BCUT2D eigenvalue weighted by molar-refractivity contribution is 0.382. The largest absolute Gasteiger partial charge is 0.313 e. The molecule has 0 unspecified atom stereocenters. The lowest BCUT2D eigenvalue weighted by Crippen LogP contribution is -2.41. The van der Waals surface area contributed by atoms with Crippen molar-refractivity contribution >= 4 is 10.0 Å². The van der Waals surface area contributed by atoms with Gasteiger partial charge in [0.1, 0.15) is 0 Å².